The van der Waals surface area contributed by atoms with Crippen LogP contribution in [0, 0.1) is 0 Å². The molecule has 0 N–H and O–H groups in total. The van der Waals surface area contributed by atoms with Crippen LogP contribution in [-0.2, 0) is 20.7 Å². The van der Waals surface area contributed by atoms with Gasteiger partial charge in [-0.3, -0.25) is 4.79 Å². The molecule has 0 atom stereocenters. The molecule has 5 nitrogen and oxygen atoms in total. The lowest BCUT2D eigenvalue weighted by Gasteiger charge is -2.19. The molecule has 0 bridgehead atoms. The smallest absolute Gasteiger partial charge is 0.357 e. The lowest BCUT2D eigenvalue weighted by molar-refractivity contribution is -0.154. The lowest BCUT2D eigenvalue weighted by Crippen LogP contribution is -2.23. The molecule has 0 saturated carbocycles. The second-order valence-electron chi connectivity index (χ2n) is 6.90. The van der Waals surface area contributed by atoms with Crippen LogP contribution in [0.2, 0.25) is 0 Å². The number of hydrogen-bond acceptors (Lipinski definition) is 6. The summed E-state index contributed by atoms with van der Waals surface area (Å²) in [4.78, 5) is 27.7. The van der Waals surface area contributed by atoms with Gasteiger partial charge in [0.2, 0.25) is 0 Å². The molecule has 0 aliphatic heterocycles. The van der Waals surface area contributed by atoms with Crippen molar-refractivity contribution in [3.63, 3.8) is 0 Å². The maximum atomic E-state index is 11.7. The van der Waals surface area contributed by atoms with Crippen LogP contribution in [0.1, 0.15) is 56.6 Å². The molecule has 6 heteroatoms. The highest BCUT2D eigenvalue weighted by Gasteiger charge is 2.16. The van der Waals surface area contributed by atoms with Gasteiger partial charge in [-0.05, 0) is 46.1 Å². The summed E-state index contributed by atoms with van der Waals surface area (Å²) >= 11 is 1.42. The molecule has 1 aromatic carbocycles. The van der Waals surface area contributed by atoms with Crippen molar-refractivity contribution in [3.05, 3.63) is 40.9 Å². The standard InChI is InChI=1S/C20H25NO4S/c1-5-24-19(23)16-13-26-18(21-16)15-11-9-14(10-12-15)7-6-8-17(22)25-20(2,3)4/h9-13H,5-8H2,1-4H3. The Bertz CT molecular complexity index is 744. The molecule has 140 valence electrons. The number of thiazole rings is 1. The molecule has 0 unspecified atom stereocenters. The normalized spacial score (nSPS) is 11.2. The Labute approximate surface area is 158 Å². The molecule has 0 radical (unpaired) electrons. The third-order valence-electron chi connectivity index (χ3n) is 3.46. The number of ether oxygens (including phenoxy) is 2. The predicted molar refractivity (Wildman–Crippen MR) is 102 cm³/mol. The molecule has 0 aliphatic carbocycles. The first-order valence-electron chi connectivity index (χ1n) is 8.72. The quantitative estimate of drug-likeness (QED) is 0.659. The zero-order valence-corrected chi connectivity index (χ0v) is 16.5. The number of rotatable bonds is 7. The molecule has 1 heterocycles. The number of aromatic nitrogens is 1. The summed E-state index contributed by atoms with van der Waals surface area (Å²) in [5, 5.41) is 2.50. The minimum atomic E-state index is -0.436. The zero-order valence-electron chi connectivity index (χ0n) is 15.7. The van der Waals surface area contributed by atoms with Crippen molar-refractivity contribution in [1.29, 1.82) is 0 Å². The molecule has 26 heavy (non-hydrogen) atoms. The average molecular weight is 375 g/mol. The Morgan fingerprint density at radius 1 is 1.15 bits per heavy atom. The van der Waals surface area contributed by atoms with Crippen LogP contribution in [0.25, 0.3) is 10.6 Å². The van der Waals surface area contributed by atoms with Gasteiger partial charge in [-0.1, -0.05) is 24.3 Å². The van der Waals surface area contributed by atoms with E-state index in [2.05, 4.69) is 4.98 Å². The fraction of sp³-hybridized carbons (Fsp3) is 0.450. The van der Waals surface area contributed by atoms with Crippen LogP contribution < -0.4 is 0 Å². The highest BCUT2D eigenvalue weighted by Crippen LogP contribution is 2.25. The van der Waals surface area contributed by atoms with Gasteiger partial charge in [0.15, 0.2) is 5.69 Å². The van der Waals surface area contributed by atoms with Gasteiger partial charge in [0.05, 0.1) is 6.61 Å². The number of carbonyl (C=O) groups excluding carboxylic acids is 2. The van der Waals surface area contributed by atoms with Crippen LogP contribution in [0.5, 0.6) is 0 Å². The number of nitrogens with zero attached hydrogens (tertiary/aromatic N) is 1. The number of benzene rings is 1. The van der Waals surface area contributed by atoms with Gasteiger partial charge in [-0.25, -0.2) is 9.78 Å². The second-order valence-corrected chi connectivity index (χ2v) is 7.75. The average Bonchev–Trinajstić information content (AvgIpc) is 3.04. The van der Waals surface area contributed by atoms with Crippen LogP contribution in [0.4, 0.5) is 0 Å². The topological polar surface area (TPSA) is 65.5 Å². The summed E-state index contributed by atoms with van der Waals surface area (Å²) in [6.45, 7) is 7.72. The van der Waals surface area contributed by atoms with E-state index in [0.29, 0.717) is 18.7 Å². The Hall–Kier alpha value is -2.21. The second kappa shape index (κ2) is 8.94. The Morgan fingerprint density at radius 3 is 2.46 bits per heavy atom. The van der Waals surface area contributed by atoms with Crippen molar-refractivity contribution >= 4 is 23.3 Å². The molecular formula is C20H25NO4S. The monoisotopic (exact) mass is 375 g/mol. The van der Waals surface area contributed by atoms with E-state index in [9.17, 15) is 9.59 Å². The zero-order chi connectivity index (χ0) is 19.2. The first kappa shape index (κ1) is 20.1. The molecule has 0 amide bonds. The summed E-state index contributed by atoms with van der Waals surface area (Å²) in [5.41, 5.74) is 2.02. The molecule has 0 spiro atoms. The predicted octanol–water partition coefficient (Wildman–Crippen LogP) is 4.65. The van der Waals surface area contributed by atoms with Crippen molar-refractivity contribution in [1.82, 2.24) is 4.98 Å². The highest BCUT2D eigenvalue weighted by molar-refractivity contribution is 7.13. The highest BCUT2D eigenvalue weighted by atomic mass is 32.1. The molecule has 1 aromatic heterocycles. The largest absolute Gasteiger partial charge is 0.461 e. The van der Waals surface area contributed by atoms with Crippen LogP contribution in [-0.4, -0.2) is 29.1 Å². The van der Waals surface area contributed by atoms with E-state index in [0.717, 1.165) is 29.0 Å². The fourth-order valence-electron chi connectivity index (χ4n) is 2.35. The number of carbonyl (C=O) groups is 2. The van der Waals surface area contributed by atoms with Crippen LogP contribution >= 0.6 is 11.3 Å². The van der Waals surface area contributed by atoms with Crippen molar-refractivity contribution < 1.29 is 19.1 Å². The van der Waals surface area contributed by atoms with E-state index >= 15 is 0 Å². The molecule has 2 rings (SSSR count). The molecule has 0 fully saturated rings. The summed E-state index contributed by atoms with van der Waals surface area (Å²) in [6.07, 6.45) is 1.97. The van der Waals surface area contributed by atoms with Crippen molar-refractivity contribution in [2.75, 3.05) is 6.61 Å². The van der Waals surface area contributed by atoms with Gasteiger partial charge in [0.1, 0.15) is 10.6 Å². The molecular weight excluding hydrogens is 350 g/mol. The summed E-state index contributed by atoms with van der Waals surface area (Å²) in [7, 11) is 0. The van der Waals surface area contributed by atoms with E-state index in [1.54, 1.807) is 12.3 Å². The molecule has 0 aliphatic rings. The van der Waals surface area contributed by atoms with Gasteiger partial charge >= 0.3 is 11.9 Å². The van der Waals surface area contributed by atoms with Gasteiger partial charge in [-0.15, -0.1) is 11.3 Å². The summed E-state index contributed by atoms with van der Waals surface area (Å²) < 4.78 is 10.3. The Kier molecular flexibility index (Phi) is 6.91. The molecule has 0 saturated heterocycles. The first-order chi connectivity index (χ1) is 12.3. The fourth-order valence-corrected chi connectivity index (χ4v) is 3.14. The van der Waals surface area contributed by atoms with E-state index < -0.39 is 11.6 Å². The van der Waals surface area contributed by atoms with E-state index in [1.807, 2.05) is 45.0 Å². The Morgan fingerprint density at radius 2 is 1.85 bits per heavy atom. The van der Waals surface area contributed by atoms with Crippen molar-refractivity contribution in [2.24, 2.45) is 0 Å². The summed E-state index contributed by atoms with van der Waals surface area (Å²) in [6, 6.07) is 8.01. The third-order valence-corrected chi connectivity index (χ3v) is 4.35. The molecule has 2 aromatic rings. The van der Waals surface area contributed by atoms with Crippen LogP contribution in [0.15, 0.2) is 29.6 Å². The van der Waals surface area contributed by atoms with E-state index in [-0.39, 0.29) is 5.97 Å². The first-order valence-corrected chi connectivity index (χ1v) is 9.60. The minimum Gasteiger partial charge on any atom is -0.461 e. The maximum Gasteiger partial charge on any atom is 0.357 e. The van der Waals surface area contributed by atoms with Gasteiger partial charge < -0.3 is 9.47 Å². The van der Waals surface area contributed by atoms with Crippen molar-refractivity contribution in [3.8, 4) is 10.6 Å². The van der Waals surface area contributed by atoms with Crippen molar-refractivity contribution in [2.45, 2.75) is 52.6 Å². The van der Waals surface area contributed by atoms with Gasteiger partial charge in [0.25, 0.3) is 0 Å². The van der Waals surface area contributed by atoms with E-state index in [1.165, 1.54) is 11.3 Å². The third kappa shape index (κ3) is 6.26. The Balaban J connectivity index is 1.88. The number of hydrogen-bond donors (Lipinski definition) is 0. The van der Waals surface area contributed by atoms with Gasteiger partial charge in [0, 0.05) is 17.4 Å². The number of aryl methyl sites for hydroxylation is 1. The number of esters is 2. The van der Waals surface area contributed by atoms with E-state index in [4.69, 9.17) is 9.47 Å². The lowest BCUT2D eigenvalue weighted by atomic mass is 10.1. The summed E-state index contributed by atoms with van der Waals surface area (Å²) in [5.74, 6) is -0.558. The van der Waals surface area contributed by atoms with Crippen LogP contribution in [0.3, 0.4) is 0 Å². The minimum absolute atomic E-state index is 0.164. The SMILES string of the molecule is CCOC(=O)c1csc(-c2ccc(CCCC(=O)OC(C)(C)C)cc2)n1. The van der Waals surface area contributed by atoms with Gasteiger partial charge in [-0.2, -0.15) is 0 Å². The maximum absolute atomic E-state index is 11.7.